The molecule has 3 nitrogen and oxygen atoms in total. The van der Waals surface area contributed by atoms with E-state index in [0.717, 1.165) is 6.42 Å². The summed E-state index contributed by atoms with van der Waals surface area (Å²) in [7, 11) is 0. The normalized spacial score (nSPS) is 22.2. The third-order valence-electron chi connectivity index (χ3n) is 2.69. The van der Waals surface area contributed by atoms with Gasteiger partial charge in [-0.1, -0.05) is 20.4 Å². The molecule has 1 heterocycles. The Hall–Kier alpha value is -0.640. The number of cyclic esters (lactones) is 1. The van der Waals surface area contributed by atoms with Crippen LogP contribution in [0.4, 0.5) is 4.79 Å². The highest BCUT2D eigenvalue weighted by Gasteiger charge is 2.41. The predicted octanol–water partition coefficient (Wildman–Crippen LogP) is 2.87. The van der Waals surface area contributed by atoms with Gasteiger partial charge in [0.1, 0.15) is 6.10 Å². The number of amides is 1. The van der Waals surface area contributed by atoms with Crippen molar-refractivity contribution in [2.45, 2.75) is 50.5 Å². The third-order valence-corrected chi connectivity index (χ3v) is 2.85. The van der Waals surface area contributed by atoms with Crippen molar-refractivity contribution in [2.75, 3.05) is 6.54 Å². The highest BCUT2D eigenvalue weighted by Crippen LogP contribution is 2.32. The van der Waals surface area contributed by atoms with Crippen molar-refractivity contribution in [3.63, 3.8) is 0 Å². The summed E-state index contributed by atoms with van der Waals surface area (Å²) in [4.78, 5) is 13.5. The first-order chi connectivity index (χ1) is 7.15. The van der Waals surface area contributed by atoms with Crippen molar-refractivity contribution in [1.29, 1.82) is 0 Å². The summed E-state index contributed by atoms with van der Waals surface area (Å²) in [5.41, 5.74) is -0.250. The molecular weight excluding hydrogens is 222 g/mol. The van der Waals surface area contributed by atoms with Crippen LogP contribution in [0.15, 0.2) is 12.7 Å². The number of carbonyl (C=O) groups is 1. The lowest BCUT2D eigenvalue weighted by molar-refractivity contribution is 0.115. The van der Waals surface area contributed by atoms with E-state index in [4.69, 9.17) is 4.74 Å². The minimum Gasteiger partial charge on any atom is -0.440 e. The summed E-state index contributed by atoms with van der Waals surface area (Å²) in [6, 6.07) is 0. The minimum absolute atomic E-state index is 0.115. The van der Waals surface area contributed by atoms with Crippen LogP contribution in [0.3, 0.4) is 0 Å². The Labute approximate surface area is 103 Å². The fourth-order valence-electron chi connectivity index (χ4n) is 2.26. The molecule has 0 bridgehead atoms. The molecule has 0 aromatic carbocycles. The lowest BCUT2D eigenvalue weighted by atomic mass is 9.90. The van der Waals surface area contributed by atoms with Gasteiger partial charge in [0.05, 0.1) is 6.54 Å². The number of ether oxygens (including phenoxy) is 1. The van der Waals surface area contributed by atoms with Gasteiger partial charge in [-0.3, -0.25) is 4.90 Å². The lowest BCUT2D eigenvalue weighted by Gasteiger charge is -2.38. The second-order valence-electron chi connectivity index (χ2n) is 5.57. The Balaban J connectivity index is 2.76. The summed E-state index contributed by atoms with van der Waals surface area (Å²) in [5, 5.41) is 0. The molecule has 0 N–H and O–H groups in total. The van der Waals surface area contributed by atoms with Crippen LogP contribution in [-0.4, -0.2) is 33.9 Å². The molecule has 92 valence electrons. The van der Waals surface area contributed by atoms with Crippen LogP contribution in [0, 0.1) is 0 Å². The number of hydrogen-bond donors (Lipinski definition) is 1. The van der Waals surface area contributed by atoms with Gasteiger partial charge in [-0.25, -0.2) is 4.79 Å². The Morgan fingerprint density at radius 3 is 2.50 bits per heavy atom. The monoisotopic (exact) mass is 243 g/mol. The van der Waals surface area contributed by atoms with Gasteiger partial charge in [0.2, 0.25) is 0 Å². The largest absolute Gasteiger partial charge is 0.440 e. The molecule has 1 rings (SSSR count). The first kappa shape index (κ1) is 13.4. The van der Waals surface area contributed by atoms with Crippen molar-refractivity contribution >= 4 is 18.7 Å². The molecule has 0 aromatic heterocycles. The Morgan fingerprint density at radius 1 is 1.56 bits per heavy atom. The van der Waals surface area contributed by atoms with E-state index >= 15 is 0 Å². The predicted molar refractivity (Wildman–Crippen MR) is 68.9 cm³/mol. The van der Waals surface area contributed by atoms with E-state index < -0.39 is 0 Å². The smallest absolute Gasteiger partial charge is 0.411 e. The van der Waals surface area contributed by atoms with Crippen molar-refractivity contribution in [3.05, 3.63) is 12.7 Å². The average Bonchev–Trinajstić information content (AvgIpc) is 2.43. The Morgan fingerprint density at radius 2 is 2.12 bits per heavy atom. The van der Waals surface area contributed by atoms with Gasteiger partial charge in [0.15, 0.2) is 0 Å². The average molecular weight is 243 g/mol. The number of hydrogen-bond acceptors (Lipinski definition) is 3. The van der Waals surface area contributed by atoms with Gasteiger partial charge < -0.3 is 4.74 Å². The Kier molecular flexibility index (Phi) is 3.62. The van der Waals surface area contributed by atoms with Gasteiger partial charge in [0.25, 0.3) is 0 Å². The second-order valence-corrected chi connectivity index (χ2v) is 6.78. The minimum atomic E-state index is -0.257. The van der Waals surface area contributed by atoms with E-state index in [1.54, 1.807) is 11.0 Å². The van der Waals surface area contributed by atoms with Gasteiger partial charge >= 0.3 is 6.09 Å². The fourth-order valence-corrected chi connectivity index (χ4v) is 2.64. The van der Waals surface area contributed by atoms with E-state index in [2.05, 4.69) is 19.2 Å². The first-order valence-corrected chi connectivity index (χ1v) is 5.94. The van der Waals surface area contributed by atoms with Crippen LogP contribution in [0.2, 0.25) is 0 Å². The van der Waals surface area contributed by atoms with Crippen LogP contribution in [-0.2, 0) is 4.74 Å². The highest BCUT2D eigenvalue weighted by atomic mass is 32.1. The lowest BCUT2D eigenvalue weighted by Crippen LogP contribution is -2.47. The third kappa shape index (κ3) is 3.17. The van der Waals surface area contributed by atoms with Crippen LogP contribution in [0.1, 0.15) is 34.1 Å². The number of nitrogens with zero attached hydrogens (tertiary/aromatic N) is 1. The van der Waals surface area contributed by atoms with E-state index in [1.165, 1.54) is 0 Å². The highest BCUT2D eigenvalue weighted by molar-refractivity contribution is 7.81. The van der Waals surface area contributed by atoms with E-state index in [9.17, 15) is 4.79 Å². The van der Waals surface area contributed by atoms with Crippen molar-refractivity contribution in [3.8, 4) is 0 Å². The molecule has 1 aliphatic heterocycles. The fraction of sp³-hybridized carbons (Fsp3) is 0.750. The summed E-state index contributed by atoms with van der Waals surface area (Å²) < 4.78 is 5.05. The maximum absolute atomic E-state index is 11.7. The molecule has 1 unspecified atom stereocenters. The van der Waals surface area contributed by atoms with Crippen molar-refractivity contribution in [1.82, 2.24) is 4.90 Å². The number of thiol groups is 1. The molecule has 1 fully saturated rings. The summed E-state index contributed by atoms with van der Waals surface area (Å²) in [6.07, 6.45) is 2.03. The summed E-state index contributed by atoms with van der Waals surface area (Å²) in [6.45, 7) is 12.4. The summed E-state index contributed by atoms with van der Waals surface area (Å²) in [5.74, 6) is 0. The standard InChI is InChI=1S/C12H21NO2S/c1-6-9-7-13(10(14)15-9)11(2,3)8-12(4,5)16/h6,9,16H,1,7-8H2,2-5H3. The number of carbonyl (C=O) groups excluding carboxylic acids is 1. The molecule has 0 spiro atoms. The molecular formula is C12H21NO2S. The maximum atomic E-state index is 11.7. The zero-order valence-corrected chi connectivity index (χ0v) is 11.4. The van der Waals surface area contributed by atoms with Crippen LogP contribution in [0.25, 0.3) is 0 Å². The van der Waals surface area contributed by atoms with E-state index in [1.807, 2.05) is 27.7 Å². The molecule has 1 atom stereocenters. The zero-order valence-electron chi connectivity index (χ0n) is 10.5. The second kappa shape index (κ2) is 4.32. The van der Waals surface area contributed by atoms with E-state index in [-0.39, 0.29) is 22.5 Å². The molecule has 4 heteroatoms. The first-order valence-electron chi connectivity index (χ1n) is 5.49. The van der Waals surface area contributed by atoms with Crippen molar-refractivity contribution in [2.24, 2.45) is 0 Å². The molecule has 1 saturated heterocycles. The van der Waals surface area contributed by atoms with Gasteiger partial charge in [0, 0.05) is 10.3 Å². The van der Waals surface area contributed by atoms with Crippen LogP contribution >= 0.6 is 12.6 Å². The van der Waals surface area contributed by atoms with Gasteiger partial charge in [-0.2, -0.15) is 12.6 Å². The summed E-state index contributed by atoms with van der Waals surface area (Å²) >= 11 is 4.52. The molecule has 1 aliphatic rings. The molecule has 0 saturated carbocycles. The molecule has 0 radical (unpaired) electrons. The number of rotatable bonds is 4. The topological polar surface area (TPSA) is 29.5 Å². The zero-order chi connectivity index (χ0) is 12.6. The molecule has 0 aliphatic carbocycles. The van der Waals surface area contributed by atoms with Crippen molar-refractivity contribution < 1.29 is 9.53 Å². The van der Waals surface area contributed by atoms with Gasteiger partial charge in [-0.15, -0.1) is 0 Å². The van der Waals surface area contributed by atoms with Crippen LogP contribution in [0.5, 0.6) is 0 Å². The quantitative estimate of drug-likeness (QED) is 0.608. The Bertz CT molecular complexity index is 294. The van der Waals surface area contributed by atoms with Gasteiger partial charge in [-0.05, 0) is 26.3 Å². The maximum Gasteiger partial charge on any atom is 0.411 e. The van der Waals surface area contributed by atoms with E-state index in [0.29, 0.717) is 6.54 Å². The molecule has 1 amide bonds. The molecule has 16 heavy (non-hydrogen) atoms. The molecule has 0 aromatic rings. The van der Waals surface area contributed by atoms with Crippen LogP contribution < -0.4 is 0 Å². The SMILES string of the molecule is C=CC1CN(C(C)(C)CC(C)(C)S)C(=O)O1.